The van der Waals surface area contributed by atoms with Crippen LogP contribution >= 0.6 is 0 Å². The standard InChI is InChI=1S/C25H27N3O5S/c1-17-12-21-14-20(5-6-22(21)28(17)34(3,30)31)25(29)27-15-19-4-7-23(24(13-19)32-2)33-16-18-8-10-26-11-9-18/h4-11,13-14,17H,12,15-16H2,1-3H3,(H,27,29). The zero-order valence-corrected chi connectivity index (χ0v) is 20.1. The molecule has 4 rings (SSSR count). The molecule has 0 spiro atoms. The lowest BCUT2D eigenvalue weighted by atomic mass is 10.1. The number of rotatable bonds is 8. The first-order valence-corrected chi connectivity index (χ1v) is 12.7. The summed E-state index contributed by atoms with van der Waals surface area (Å²) in [5.74, 6) is 0.955. The summed E-state index contributed by atoms with van der Waals surface area (Å²) in [4.78, 5) is 16.7. The summed E-state index contributed by atoms with van der Waals surface area (Å²) in [5.41, 5.74) is 3.84. The van der Waals surface area contributed by atoms with Crippen molar-refractivity contribution in [3.05, 3.63) is 83.2 Å². The molecule has 1 unspecified atom stereocenters. The molecule has 0 saturated carbocycles. The van der Waals surface area contributed by atoms with Gasteiger partial charge in [-0.25, -0.2) is 8.42 Å². The van der Waals surface area contributed by atoms with E-state index in [1.807, 2.05) is 37.3 Å². The maximum Gasteiger partial charge on any atom is 0.251 e. The number of ether oxygens (including phenoxy) is 2. The third kappa shape index (κ3) is 5.14. The van der Waals surface area contributed by atoms with E-state index in [1.165, 1.54) is 10.6 Å². The lowest BCUT2D eigenvalue weighted by molar-refractivity contribution is 0.0950. The average Bonchev–Trinajstić information content (AvgIpc) is 3.17. The zero-order chi connectivity index (χ0) is 24.3. The number of carbonyl (C=O) groups is 1. The van der Waals surface area contributed by atoms with Crippen molar-refractivity contribution in [2.24, 2.45) is 0 Å². The van der Waals surface area contributed by atoms with Crippen LogP contribution in [-0.2, 0) is 29.6 Å². The molecule has 3 aromatic rings. The molecule has 0 fully saturated rings. The number of sulfonamides is 1. The molecule has 1 atom stereocenters. The third-order valence-electron chi connectivity index (χ3n) is 5.68. The second kappa shape index (κ2) is 9.72. The zero-order valence-electron chi connectivity index (χ0n) is 19.3. The van der Waals surface area contributed by atoms with Crippen LogP contribution in [0.4, 0.5) is 5.69 Å². The lowest BCUT2D eigenvalue weighted by Gasteiger charge is -2.21. The highest BCUT2D eigenvalue weighted by Gasteiger charge is 2.32. The van der Waals surface area contributed by atoms with Crippen molar-refractivity contribution in [1.82, 2.24) is 10.3 Å². The van der Waals surface area contributed by atoms with Crippen molar-refractivity contribution in [2.45, 2.75) is 32.5 Å². The van der Waals surface area contributed by atoms with E-state index in [0.717, 1.165) is 16.7 Å². The molecule has 34 heavy (non-hydrogen) atoms. The van der Waals surface area contributed by atoms with Gasteiger partial charge in [-0.1, -0.05) is 6.07 Å². The summed E-state index contributed by atoms with van der Waals surface area (Å²) >= 11 is 0. The van der Waals surface area contributed by atoms with Gasteiger partial charge in [0.1, 0.15) is 6.61 Å². The second-order valence-corrected chi connectivity index (χ2v) is 10.1. The number of benzene rings is 2. The van der Waals surface area contributed by atoms with Crippen LogP contribution in [0.3, 0.4) is 0 Å². The molecule has 2 heterocycles. The fraction of sp³-hybridized carbons (Fsp3) is 0.280. The summed E-state index contributed by atoms with van der Waals surface area (Å²) < 4.78 is 36.9. The van der Waals surface area contributed by atoms with Gasteiger partial charge in [0.05, 0.1) is 19.1 Å². The van der Waals surface area contributed by atoms with Crippen LogP contribution in [0.2, 0.25) is 0 Å². The van der Waals surface area contributed by atoms with Crippen molar-refractivity contribution >= 4 is 21.6 Å². The van der Waals surface area contributed by atoms with Crippen molar-refractivity contribution in [1.29, 1.82) is 0 Å². The highest BCUT2D eigenvalue weighted by Crippen LogP contribution is 2.34. The van der Waals surface area contributed by atoms with Gasteiger partial charge in [-0.15, -0.1) is 0 Å². The molecule has 0 saturated heterocycles. The molecule has 1 N–H and O–H groups in total. The van der Waals surface area contributed by atoms with Crippen molar-refractivity contribution in [3.8, 4) is 11.5 Å². The van der Waals surface area contributed by atoms with Gasteiger partial charge >= 0.3 is 0 Å². The Morgan fingerprint density at radius 1 is 1.09 bits per heavy atom. The van der Waals surface area contributed by atoms with Gasteiger partial charge in [0.25, 0.3) is 5.91 Å². The van der Waals surface area contributed by atoms with Crippen LogP contribution in [0.25, 0.3) is 0 Å². The van der Waals surface area contributed by atoms with Crippen LogP contribution in [0.1, 0.15) is 34.0 Å². The predicted octanol–water partition coefficient (Wildman–Crippen LogP) is 3.31. The molecule has 0 bridgehead atoms. The van der Waals surface area contributed by atoms with Gasteiger partial charge in [-0.05, 0) is 72.5 Å². The number of nitrogens with zero attached hydrogens (tertiary/aromatic N) is 2. The quantitative estimate of drug-likeness (QED) is 0.530. The minimum absolute atomic E-state index is 0.171. The largest absolute Gasteiger partial charge is 0.493 e. The third-order valence-corrected chi connectivity index (χ3v) is 6.95. The predicted molar refractivity (Wildman–Crippen MR) is 130 cm³/mol. The number of hydrogen-bond acceptors (Lipinski definition) is 6. The van der Waals surface area contributed by atoms with Gasteiger partial charge in [0.2, 0.25) is 10.0 Å². The number of hydrogen-bond donors (Lipinski definition) is 1. The van der Waals surface area contributed by atoms with Crippen molar-refractivity contribution in [3.63, 3.8) is 0 Å². The van der Waals surface area contributed by atoms with E-state index < -0.39 is 10.0 Å². The van der Waals surface area contributed by atoms with Crippen molar-refractivity contribution in [2.75, 3.05) is 17.7 Å². The second-order valence-electron chi connectivity index (χ2n) is 8.27. The van der Waals surface area contributed by atoms with E-state index >= 15 is 0 Å². The number of amides is 1. The smallest absolute Gasteiger partial charge is 0.251 e. The van der Waals surface area contributed by atoms with Crippen LogP contribution in [0.15, 0.2) is 60.9 Å². The first-order chi connectivity index (χ1) is 16.3. The molecule has 9 heteroatoms. The Morgan fingerprint density at radius 3 is 2.56 bits per heavy atom. The van der Waals surface area contributed by atoms with E-state index in [2.05, 4.69) is 10.3 Å². The van der Waals surface area contributed by atoms with E-state index in [9.17, 15) is 13.2 Å². The molecule has 0 aliphatic carbocycles. The molecular weight excluding hydrogens is 454 g/mol. The lowest BCUT2D eigenvalue weighted by Crippen LogP contribution is -2.34. The van der Waals surface area contributed by atoms with Gasteiger partial charge in [0, 0.05) is 30.5 Å². The molecule has 178 valence electrons. The van der Waals surface area contributed by atoms with Gasteiger partial charge in [0.15, 0.2) is 11.5 Å². The van der Waals surface area contributed by atoms with E-state index in [-0.39, 0.29) is 11.9 Å². The monoisotopic (exact) mass is 481 g/mol. The summed E-state index contributed by atoms with van der Waals surface area (Å²) in [5, 5.41) is 2.91. The Kier molecular flexibility index (Phi) is 6.74. The highest BCUT2D eigenvalue weighted by molar-refractivity contribution is 7.92. The summed E-state index contributed by atoms with van der Waals surface area (Å²) in [7, 11) is -1.80. The Bertz CT molecular complexity index is 1300. The molecule has 1 aliphatic heterocycles. The fourth-order valence-electron chi connectivity index (χ4n) is 4.12. The number of aromatic nitrogens is 1. The number of pyridine rings is 1. The molecule has 1 aromatic heterocycles. The molecule has 1 aliphatic rings. The van der Waals surface area contributed by atoms with Gasteiger partial charge in [-0.3, -0.25) is 14.1 Å². The van der Waals surface area contributed by atoms with E-state index in [4.69, 9.17) is 9.47 Å². The molecule has 0 radical (unpaired) electrons. The summed E-state index contributed by atoms with van der Waals surface area (Å²) in [6.45, 7) is 2.56. The first kappa shape index (κ1) is 23.6. The maximum atomic E-state index is 12.8. The van der Waals surface area contributed by atoms with Crippen LogP contribution in [0.5, 0.6) is 11.5 Å². The normalized spacial score (nSPS) is 15.0. The fourth-order valence-corrected chi connectivity index (χ4v) is 5.38. The Balaban J connectivity index is 1.41. The first-order valence-electron chi connectivity index (χ1n) is 10.9. The minimum atomic E-state index is -3.37. The Hall–Kier alpha value is -3.59. The van der Waals surface area contributed by atoms with E-state index in [1.54, 1.807) is 37.7 Å². The highest BCUT2D eigenvalue weighted by atomic mass is 32.2. The number of anilines is 1. The number of carbonyl (C=O) groups excluding carboxylic acids is 1. The molecular formula is C25H27N3O5S. The molecule has 2 aromatic carbocycles. The SMILES string of the molecule is COc1cc(CNC(=O)c2ccc3c(c2)CC(C)N3S(C)(=O)=O)ccc1OCc1ccncc1. The van der Waals surface area contributed by atoms with E-state index in [0.29, 0.717) is 42.3 Å². The van der Waals surface area contributed by atoms with Gasteiger partial charge in [-0.2, -0.15) is 0 Å². The Labute approximate surface area is 199 Å². The van der Waals surface area contributed by atoms with Crippen LogP contribution < -0.4 is 19.1 Å². The van der Waals surface area contributed by atoms with Crippen LogP contribution in [0, 0.1) is 0 Å². The Morgan fingerprint density at radius 2 is 1.85 bits per heavy atom. The maximum absolute atomic E-state index is 12.8. The number of fused-ring (bicyclic) bond motifs is 1. The van der Waals surface area contributed by atoms with Gasteiger partial charge < -0.3 is 14.8 Å². The summed E-state index contributed by atoms with van der Waals surface area (Å²) in [6, 6.07) is 14.2. The average molecular weight is 482 g/mol. The number of nitrogens with one attached hydrogen (secondary N) is 1. The number of methoxy groups -OCH3 is 1. The topological polar surface area (TPSA) is 97.8 Å². The molecule has 1 amide bonds. The summed E-state index contributed by atoms with van der Waals surface area (Å²) in [6.07, 6.45) is 5.20. The van der Waals surface area contributed by atoms with Crippen LogP contribution in [-0.4, -0.2) is 38.7 Å². The molecule has 8 nitrogen and oxygen atoms in total. The van der Waals surface area contributed by atoms with Crippen molar-refractivity contribution < 1.29 is 22.7 Å². The minimum Gasteiger partial charge on any atom is -0.493 e.